The first-order chi connectivity index (χ1) is 17.7. The predicted molar refractivity (Wildman–Crippen MR) is 135 cm³/mol. The fourth-order valence-electron chi connectivity index (χ4n) is 4.42. The van der Waals surface area contributed by atoms with Gasteiger partial charge in [0.2, 0.25) is 0 Å². The molecule has 1 aliphatic heterocycles. The van der Waals surface area contributed by atoms with Crippen LogP contribution in [0.25, 0.3) is 21.7 Å². The van der Waals surface area contributed by atoms with Crippen LogP contribution < -0.4 is 21.5 Å². The number of nitrogens with one attached hydrogen (secondary N) is 2. The Hall–Kier alpha value is -4.68. The summed E-state index contributed by atoms with van der Waals surface area (Å²) in [5.41, 5.74) is 6.45. The highest BCUT2D eigenvalue weighted by atomic mass is 16.5. The molecule has 2 amide bonds. The lowest BCUT2D eigenvalue weighted by Crippen LogP contribution is -2.55. The lowest BCUT2D eigenvalue weighted by Gasteiger charge is -2.34. The number of nitrogen functional groups attached to an aromatic ring is 1. The zero-order valence-corrected chi connectivity index (χ0v) is 19.4. The average molecular weight is 505 g/mol. The number of carbonyl (C=O) groups excluding carboxylic acids is 2. The van der Waals surface area contributed by atoms with Crippen LogP contribution in [0.4, 0.5) is 17.2 Å². The Labute approximate surface area is 208 Å². The van der Waals surface area contributed by atoms with Crippen LogP contribution in [0.3, 0.4) is 0 Å². The molecule has 37 heavy (non-hydrogen) atoms. The van der Waals surface area contributed by atoms with E-state index < -0.39 is 42.1 Å². The van der Waals surface area contributed by atoms with Crippen molar-refractivity contribution in [2.45, 2.75) is 18.8 Å². The zero-order valence-electron chi connectivity index (χ0n) is 19.4. The summed E-state index contributed by atoms with van der Waals surface area (Å²) in [5.74, 6) is -2.17. The number of aliphatic hydroxyl groups is 1. The van der Waals surface area contributed by atoms with Gasteiger partial charge in [-0.25, -0.2) is 0 Å². The quantitative estimate of drug-likeness (QED) is 0.256. The minimum atomic E-state index is -1.80. The number of amides is 2. The van der Waals surface area contributed by atoms with Crippen LogP contribution in [0.5, 0.6) is 0 Å². The minimum absolute atomic E-state index is 0.0457. The van der Waals surface area contributed by atoms with E-state index in [0.29, 0.717) is 28.1 Å². The van der Waals surface area contributed by atoms with E-state index in [1.165, 1.54) is 17.0 Å². The Bertz CT molecular complexity index is 1610. The molecule has 12 nitrogen and oxygen atoms in total. The molecule has 2 atom stereocenters. The lowest BCUT2D eigenvalue weighted by atomic mass is 10.1. The first-order valence-corrected chi connectivity index (χ1v) is 11.4. The van der Waals surface area contributed by atoms with E-state index in [2.05, 4.69) is 10.3 Å². The Morgan fingerprint density at radius 2 is 1.92 bits per heavy atom. The first kappa shape index (κ1) is 24.0. The number of ether oxygens (including phenoxy) is 1. The molecule has 0 bridgehead atoms. The van der Waals surface area contributed by atoms with E-state index in [1.807, 2.05) is 0 Å². The Morgan fingerprint density at radius 3 is 2.70 bits per heavy atom. The summed E-state index contributed by atoms with van der Waals surface area (Å²) in [4.78, 5) is 53.8. The van der Waals surface area contributed by atoms with E-state index >= 15 is 0 Å². The second-order valence-electron chi connectivity index (χ2n) is 8.61. The number of pyridine rings is 1. The van der Waals surface area contributed by atoms with Gasteiger partial charge in [-0.3, -0.25) is 23.7 Å². The number of benzene rings is 2. The van der Waals surface area contributed by atoms with Gasteiger partial charge in [-0.05, 0) is 41.8 Å². The maximum Gasteiger partial charge on any atom is 0.323 e. The van der Waals surface area contributed by atoms with Crippen molar-refractivity contribution in [3.05, 3.63) is 65.1 Å². The number of fused-ring (bicyclic) bond motifs is 2. The number of aliphatic carboxylic acids is 1. The highest BCUT2D eigenvalue weighted by Crippen LogP contribution is 2.26. The van der Waals surface area contributed by atoms with Crippen molar-refractivity contribution < 1.29 is 29.3 Å². The summed E-state index contributed by atoms with van der Waals surface area (Å²) in [6.07, 6.45) is -1.58. The van der Waals surface area contributed by atoms with Crippen molar-refractivity contribution in [2.75, 3.05) is 29.1 Å². The third-order valence-electron chi connectivity index (χ3n) is 6.25. The molecule has 6 N–H and O–H groups in total. The van der Waals surface area contributed by atoms with Crippen LogP contribution in [0.1, 0.15) is 0 Å². The molecule has 2 aromatic heterocycles. The van der Waals surface area contributed by atoms with Crippen molar-refractivity contribution >= 4 is 56.7 Å². The average Bonchev–Trinajstić information content (AvgIpc) is 3.25. The second-order valence-corrected chi connectivity index (χ2v) is 8.61. The highest BCUT2D eigenvalue weighted by Gasteiger charge is 2.39. The van der Waals surface area contributed by atoms with Gasteiger partial charge in [-0.1, -0.05) is 6.07 Å². The van der Waals surface area contributed by atoms with Gasteiger partial charge < -0.3 is 35.9 Å². The van der Waals surface area contributed by atoms with Gasteiger partial charge in [0.1, 0.15) is 12.4 Å². The van der Waals surface area contributed by atoms with Crippen molar-refractivity contribution in [1.29, 1.82) is 0 Å². The van der Waals surface area contributed by atoms with Crippen molar-refractivity contribution in [1.82, 2.24) is 9.55 Å². The molecule has 1 aliphatic rings. The number of hydrogen-bond acceptors (Lipinski definition) is 7. The monoisotopic (exact) mass is 505 g/mol. The van der Waals surface area contributed by atoms with E-state index in [1.54, 1.807) is 42.6 Å². The number of nitrogens with zero attached hydrogens (tertiary/aromatic N) is 2. The Morgan fingerprint density at radius 1 is 1.14 bits per heavy atom. The van der Waals surface area contributed by atoms with E-state index in [4.69, 9.17) is 10.5 Å². The van der Waals surface area contributed by atoms with Gasteiger partial charge in [0.25, 0.3) is 17.4 Å². The number of morpholine rings is 1. The molecule has 3 heterocycles. The topological polar surface area (TPSA) is 180 Å². The van der Waals surface area contributed by atoms with Crippen LogP contribution in [0.15, 0.2) is 59.5 Å². The Kier molecular flexibility index (Phi) is 6.11. The molecule has 190 valence electrons. The minimum Gasteiger partial charge on any atom is -0.480 e. The molecule has 0 radical (unpaired) electrons. The number of hydrogen-bond donors (Lipinski definition) is 5. The van der Waals surface area contributed by atoms with Gasteiger partial charge in [-0.15, -0.1) is 0 Å². The number of carboxylic acid groups (broad SMARTS) is 1. The zero-order chi connectivity index (χ0) is 26.3. The molecule has 0 saturated carbocycles. The molecule has 2 aromatic carbocycles. The normalized spacial score (nSPS) is 16.7. The van der Waals surface area contributed by atoms with Crippen LogP contribution >= 0.6 is 0 Å². The number of aromatic amines is 1. The fraction of sp³-hybridized carbons (Fsp3) is 0.200. The van der Waals surface area contributed by atoms with Crippen LogP contribution in [-0.4, -0.2) is 62.9 Å². The summed E-state index contributed by atoms with van der Waals surface area (Å²) in [7, 11) is 0. The molecule has 0 aliphatic carbocycles. The van der Waals surface area contributed by atoms with Gasteiger partial charge in [0.05, 0.1) is 12.1 Å². The number of carbonyl (C=O) groups is 3. The Balaban J connectivity index is 1.37. The molecule has 1 saturated heterocycles. The molecule has 4 aromatic rings. The molecule has 1 fully saturated rings. The maximum absolute atomic E-state index is 13.2. The van der Waals surface area contributed by atoms with E-state index in [-0.39, 0.29) is 13.2 Å². The first-order valence-electron chi connectivity index (χ1n) is 11.4. The highest BCUT2D eigenvalue weighted by molar-refractivity contribution is 6.05. The number of H-pyrrole nitrogens is 1. The summed E-state index contributed by atoms with van der Waals surface area (Å²) in [6, 6.07) is 12.7. The van der Waals surface area contributed by atoms with E-state index in [0.717, 1.165) is 15.3 Å². The fourth-order valence-corrected chi connectivity index (χ4v) is 4.42. The van der Waals surface area contributed by atoms with Crippen LogP contribution in [0, 0.1) is 0 Å². The third-order valence-corrected chi connectivity index (χ3v) is 6.25. The summed E-state index contributed by atoms with van der Waals surface area (Å²) in [6.45, 7) is -0.361. The number of aliphatic hydroxyl groups excluding tert-OH is 1. The van der Waals surface area contributed by atoms with Crippen LogP contribution in [0.2, 0.25) is 0 Å². The van der Waals surface area contributed by atoms with Crippen molar-refractivity contribution in [3.63, 3.8) is 0 Å². The lowest BCUT2D eigenvalue weighted by molar-refractivity contribution is -0.150. The molecular weight excluding hydrogens is 482 g/mol. The van der Waals surface area contributed by atoms with Gasteiger partial charge in [0.15, 0.2) is 12.2 Å². The van der Waals surface area contributed by atoms with E-state index in [9.17, 15) is 29.4 Å². The number of carboxylic acids is 1. The van der Waals surface area contributed by atoms with Gasteiger partial charge in [0, 0.05) is 41.0 Å². The summed E-state index contributed by atoms with van der Waals surface area (Å²) >= 11 is 0. The van der Waals surface area contributed by atoms with Crippen molar-refractivity contribution in [3.8, 4) is 0 Å². The predicted octanol–water partition coefficient (Wildman–Crippen LogP) is 0.881. The summed E-state index contributed by atoms with van der Waals surface area (Å²) in [5, 5.41) is 24.6. The maximum atomic E-state index is 13.2. The van der Waals surface area contributed by atoms with Crippen LogP contribution in [-0.2, 0) is 25.7 Å². The smallest absolute Gasteiger partial charge is 0.323 e. The third kappa shape index (κ3) is 4.50. The largest absolute Gasteiger partial charge is 0.480 e. The van der Waals surface area contributed by atoms with Gasteiger partial charge in [-0.2, -0.15) is 0 Å². The second kappa shape index (κ2) is 9.41. The molecular formula is C25H23N5O7. The standard InChI is InChI=1S/C25H23N5O7/c26-23-17-5-3-15(9-14(17)11-27-23)28-24(35)21(34)22-25(36)29(7-8-37-22)16-4-1-13-2-6-19(31)30(12-20(32)33)18(13)10-16/h1-6,9-11,21-22,27,34H,7-8,12,26H2,(H,28,35)(H,32,33)/t21-,22-/m1/s1. The number of rotatable bonds is 6. The molecule has 12 heteroatoms. The molecule has 5 rings (SSSR count). The molecule has 0 spiro atoms. The number of anilines is 3. The number of nitrogens with two attached hydrogens (primary N) is 1. The van der Waals surface area contributed by atoms with Gasteiger partial charge >= 0.3 is 5.97 Å². The number of aromatic nitrogens is 2. The molecule has 0 unspecified atom stereocenters. The van der Waals surface area contributed by atoms with Crippen molar-refractivity contribution in [2.24, 2.45) is 0 Å². The summed E-state index contributed by atoms with van der Waals surface area (Å²) < 4.78 is 6.56. The SMILES string of the molecule is Nc1[nH]cc2cc(NC(=O)[C@H](O)[C@H]3OCCN(c4ccc5ccc(=O)n(CC(=O)O)c5c4)C3=O)ccc12.